The molecule has 0 N–H and O–H groups in total. The van der Waals surface area contributed by atoms with Gasteiger partial charge in [-0.05, 0) is 31.9 Å². The number of amides is 1. The van der Waals surface area contributed by atoms with E-state index < -0.39 is 0 Å². The zero-order valence-corrected chi connectivity index (χ0v) is 14.6. The molecule has 4 heterocycles. The highest BCUT2D eigenvalue weighted by molar-refractivity contribution is 5.89. The van der Waals surface area contributed by atoms with Crippen LogP contribution in [0.25, 0.3) is 5.65 Å². The Labute approximate surface area is 150 Å². The lowest BCUT2D eigenvalue weighted by Gasteiger charge is -2.30. The first-order valence-corrected chi connectivity index (χ1v) is 8.78. The van der Waals surface area contributed by atoms with Crippen molar-refractivity contribution in [3.05, 3.63) is 54.2 Å². The number of piperidine rings is 1. The molecule has 3 aromatic heterocycles. The minimum absolute atomic E-state index is 0.0521. The summed E-state index contributed by atoms with van der Waals surface area (Å²) in [7, 11) is 0. The Morgan fingerprint density at radius 1 is 1.31 bits per heavy atom. The molecule has 0 aromatic carbocycles. The molecule has 26 heavy (non-hydrogen) atoms. The lowest BCUT2D eigenvalue weighted by molar-refractivity contribution is 0.0662. The molecule has 0 unspecified atom stereocenters. The van der Waals surface area contributed by atoms with E-state index in [1.165, 1.54) is 0 Å². The van der Waals surface area contributed by atoms with E-state index in [-0.39, 0.29) is 17.7 Å². The van der Waals surface area contributed by atoms with Gasteiger partial charge in [0.1, 0.15) is 5.82 Å². The van der Waals surface area contributed by atoms with Crippen molar-refractivity contribution in [3.63, 3.8) is 0 Å². The van der Waals surface area contributed by atoms with Gasteiger partial charge < -0.3 is 9.32 Å². The van der Waals surface area contributed by atoms with Gasteiger partial charge in [-0.1, -0.05) is 18.2 Å². The van der Waals surface area contributed by atoms with Gasteiger partial charge in [0.2, 0.25) is 5.89 Å². The maximum absolute atomic E-state index is 12.7. The minimum Gasteiger partial charge on any atom is -0.417 e. The van der Waals surface area contributed by atoms with Gasteiger partial charge in [-0.3, -0.25) is 9.20 Å². The standard InChI is InChI=1S/C18H20N6O2/c1-2-3-9-15-20-22-17(26-15)18(25)23-10-6-7-13(12-23)16-21-19-14-8-4-5-11-24(14)16/h2-5,8,11,13H,6-7,9-10,12H2,1H3/b3-2+/t13-/m0/s1. The van der Waals surface area contributed by atoms with Crippen LogP contribution in [-0.4, -0.2) is 48.7 Å². The van der Waals surface area contributed by atoms with Gasteiger partial charge in [0, 0.05) is 31.6 Å². The highest BCUT2D eigenvalue weighted by Crippen LogP contribution is 2.26. The third-order valence-corrected chi connectivity index (χ3v) is 4.59. The Hall–Kier alpha value is -3.03. The number of rotatable bonds is 4. The van der Waals surface area contributed by atoms with Crippen LogP contribution in [0.3, 0.4) is 0 Å². The second kappa shape index (κ2) is 7.07. The van der Waals surface area contributed by atoms with E-state index in [4.69, 9.17) is 4.42 Å². The first-order valence-electron chi connectivity index (χ1n) is 8.78. The number of carbonyl (C=O) groups excluding carboxylic acids is 1. The van der Waals surface area contributed by atoms with E-state index in [1.54, 1.807) is 4.90 Å². The van der Waals surface area contributed by atoms with Crippen molar-refractivity contribution >= 4 is 11.6 Å². The Balaban J connectivity index is 1.51. The third-order valence-electron chi connectivity index (χ3n) is 4.59. The van der Waals surface area contributed by atoms with Crippen LogP contribution in [0.15, 0.2) is 41.0 Å². The van der Waals surface area contributed by atoms with Crippen molar-refractivity contribution in [2.75, 3.05) is 13.1 Å². The average Bonchev–Trinajstić information content (AvgIpc) is 3.33. The molecule has 1 atom stereocenters. The van der Waals surface area contributed by atoms with Crippen molar-refractivity contribution < 1.29 is 9.21 Å². The van der Waals surface area contributed by atoms with E-state index in [2.05, 4.69) is 20.4 Å². The number of hydrogen-bond acceptors (Lipinski definition) is 6. The van der Waals surface area contributed by atoms with Crippen molar-refractivity contribution in [2.45, 2.75) is 32.1 Å². The SMILES string of the molecule is C/C=C/Cc1nnc(C(=O)N2CCC[C@H](c3nnc4ccccn34)C2)o1. The highest BCUT2D eigenvalue weighted by atomic mass is 16.4. The van der Waals surface area contributed by atoms with Gasteiger partial charge in [0.25, 0.3) is 0 Å². The van der Waals surface area contributed by atoms with Gasteiger partial charge in [-0.25, -0.2) is 0 Å². The summed E-state index contributed by atoms with van der Waals surface area (Å²) >= 11 is 0. The van der Waals surface area contributed by atoms with Crippen LogP contribution < -0.4 is 0 Å². The van der Waals surface area contributed by atoms with E-state index in [9.17, 15) is 4.79 Å². The van der Waals surface area contributed by atoms with Crippen LogP contribution in [0.5, 0.6) is 0 Å². The third kappa shape index (κ3) is 3.10. The molecule has 8 nitrogen and oxygen atoms in total. The molecule has 1 amide bonds. The fourth-order valence-electron chi connectivity index (χ4n) is 3.29. The molecule has 0 aliphatic carbocycles. The quantitative estimate of drug-likeness (QED) is 0.669. The summed E-state index contributed by atoms with van der Waals surface area (Å²) in [6.07, 6.45) is 8.18. The average molecular weight is 352 g/mol. The predicted octanol–water partition coefficient (Wildman–Crippen LogP) is 2.25. The van der Waals surface area contributed by atoms with Crippen LogP contribution in [0.2, 0.25) is 0 Å². The molecule has 4 rings (SSSR count). The Kier molecular flexibility index (Phi) is 4.47. The first-order chi connectivity index (χ1) is 12.8. The number of pyridine rings is 1. The molecule has 1 saturated heterocycles. The zero-order chi connectivity index (χ0) is 17.9. The van der Waals surface area contributed by atoms with Gasteiger partial charge in [-0.2, -0.15) is 0 Å². The van der Waals surface area contributed by atoms with Crippen LogP contribution in [-0.2, 0) is 6.42 Å². The van der Waals surface area contributed by atoms with Gasteiger partial charge in [-0.15, -0.1) is 20.4 Å². The van der Waals surface area contributed by atoms with E-state index in [1.807, 2.05) is 47.9 Å². The van der Waals surface area contributed by atoms with E-state index in [0.717, 1.165) is 24.3 Å². The molecule has 3 aromatic rings. The summed E-state index contributed by atoms with van der Waals surface area (Å²) in [5, 5.41) is 16.4. The first kappa shape index (κ1) is 16.4. The fraction of sp³-hybridized carbons (Fsp3) is 0.389. The normalized spacial score (nSPS) is 18.0. The van der Waals surface area contributed by atoms with E-state index in [0.29, 0.717) is 25.4 Å². The monoisotopic (exact) mass is 352 g/mol. The largest absolute Gasteiger partial charge is 0.417 e. The molecule has 8 heteroatoms. The molecule has 0 radical (unpaired) electrons. The van der Waals surface area contributed by atoms with Crippen molar-refractivity contribution in [1.82, 2.24) is 29.7 Å². The molecular formula is C18H20N6O2. The minimum atomic E-state index is -0.220. The van der Waals surface area contributed by atoms with Crippen LogP contribution in [0.1, 0.15) is 48.1 Å². The second-order valence-electron chi connectivity index (χ2n) is 6.35. The van der Waals surface area contributed by atoms with Crippen molar-refractivity contribution in [3.8, 4) is 0 Å². The number of allylic oxidation sites excluding steroid dienone is 2. The highest BCUT2D eigenvalue weighted by Gasteiger charge is 2.30. The molecule has 1 fully saturated rings. The summed E-state index contributed by atoms with van der Waals surface area (Å²) in [6.45, 7) is 3.17. The molecule has 0 spiro atoms. The lowest BCUT2D eigenvalue weighted by atomic mass is 9.97. The van der Waals surface area contributed by atoms with Crippen LogP contribution >= 0.6 is 0 Å². The Morgan fingerprint density at radius 2 is 2.23 bits per heavy atom. The molecular weight excluding hydrogens is 332 g/mol. The lowest BCUT2D eigenvalue weighted by Crippen LogP contribution is -2.39. The summed E-state index contributed by atoms with van der Waals surface area (Å²) in [5.41, 5.74) is 0.816. The zero-order valence-electron chi connectivity index (χ0n) is 14.6. The van der Waals surface area contributed by atoms with Crippen molar-refractivity contribution in [2.24, 2.45) is 0 Å². The number of fused-ring (bicyclic) bond motifs is 1. The summed E-state index contributed by atoms with van der Waals surface area (Å²) in [6, 6.07) is 5.81. The molecule has 1 aliphatic rings. The number of nitrogens with zero attached hydrogens (tertiary/aromatic N) is 6. The van der Waals surface area contributed by atoms with Crippen LogP contribution in [0, 0.1) is 0 Å². The number of likely N-dealkylation sites (tertiary alicyclic amines) is 1. The maximum atomic E-state index is 12.7. The number of aromatic nitrogens is 5. The maximum Gasteiger partial charge on any atom is 0.311 e. The van der Waals surface area contributed by atoms with Gasteiger partial charge in [0.05, 0.1) is 0 Å². The second-order valence-corrected chi connectivity index (χ2v) is 6.35. The molecule has 0 saturated carbocycles. The number of carbonyl (C=O) groups is 1. The predicted molar refractivity (Wildman–Crippen MR) is 93.7 cm³/mol. The van der Waals surface area contributed by atoms with Gasteiger partial charge >= 0.3 is 11.8 Å². The Morgan fingerprint density at radius 3 is 3.12 bits per heavy atom. The van der Waals surface area contributed by atoms with E-state index >= 15 is 0 Å². The smallest absolute Gasteiger partial charge is 0.311 e. The molecule has 0 bridgehead atoms. The Bertz CT molecular complexity index is 944. The summed E-state index contributed by atoms with van der Waals surface area (Å²) in [5.74, 6) is 1.30. The molecule has 1 aliphatic heterocycles. The summed E-state index contributed by atoms with van der Waals surface area (Å²) in [4.78, 5) is 14.5. The van der Waals surface area contributed by atoms with Crippen LogP contribution in [0.4, 0.5) is 0 Å². The number of hydrogen-bond donors (Lipinski definition) is 0. The summed E-state index contributed by atoms with van der Waals surface area (Å²) < 4.78 is 7.49. The molecule has 134 valence electrons. The van der Waals surface area contributed by atoms with Gasteiger partial charge in [0.15, 0.2) is 5.65 Å². The van der Waals surface area contributed by atoms with Crippen molar-refractivity contribution in [1.29, 1.82) is 0 Å². The topological polar surface area (TPSA) is 89.4 Å². The fourth-order valence-corrected chi connectivity index (χ4v) is 3.29.